The predicted octanol–water partition coefficient (Wildman–Crippen LogP) is 2.31. The molecule has 210 valence electrons. The topological polar surface area (TPSA) is 146 Å². The standard InChI is InChI=1S/C27H30ClN7O5/c1-27(8-3-9-27)25(39)33-10-6-16(7-11-33)34-14-15(21(28)32-34)12-29-18-5-2-4-17-20(18)24(38)35(23(17)37)19-13-30-26(40)31-22(19)36/h2,4-5,14,16,19,29H,3,6-13H2,1H3,(H2,30,31,36,40). The first-order chi connectivity index (χ1) is 19.2. The Morgan fingerprint density at radius 1 is 1.15 bits per heavy atom. The minimum atomic E-state index is -1.14. The highest BCUT2D eigenvalue weighted by atomic mass is 35.5. The molecule has 2 saturated heterocycles. The van der Waals surface area contributed by atoms with E-state index in [-0.39, 0.29) is 41.6 Å². The summed E-state index contributed by atoms with van der Waals surface area (Å²) in [6.45, 7) is 3.55. The van der Waals surface area contributed by atoms with Gasteiger partial charge in [0.05, 0.1) is 17.2 Å². The number of urea groups is 1. The van der Waals surface area contributed by atoms with E-state index in [4.69, 9.17) is 11.6 Å². The molecule has 1 aromatic heterocycles. The molecule has 6 rings (SSSR count). The molecule has 1 atom stereocenters. The van der Waals surface area contributed by atoms with E-state index in [1.807, 2.05) is 15.8 Å². The van der Waals surface area contributed by atoms with Crippen LogP contribution in [0.25, 0.3) is 0 Å². The normalized spacial score (nSPS) is 22.5. The molecule has 0 spiro atoms. The van der Waals surface area contributed by atoms with Gasteiger partial charge in [0, 0.05) is 49.0 Å². The number of nitrogens with zero attached hydrogens (tertiary/aromatic N) is 4. The number of carbonyl (C=O) groups is 5. The van der Waals surface area contributed by atoms with E-state index in [9.17, 15) is 24.0 Å². The summed E-state index contributed by atoms with van der Waals surface area (Å²) < 4.78 is 1.86. The Bertz CT molecular complexity index is 1430. The van der Waals surface area contributed by atoms with Crippen molar-refractivity contribution in [2.75, 3.05) is 25.0 Å². The van der Waals surface area contributed by atoms with Crippen molar-refractivity contribution < 1.29 is 24.0 Å². The molecular weight excluding hydrogens is 538 g/mol. The van der Waals surface area contributed by atoms with Gasteiger partial charge in [-0.05, 0) is 37.8 Å². The molecule has 2 aromatic rings. The molecule has 13 heteroatoms. The molecule has 1 saturated carbocycles. The number of aromatic nitrogens is 2. The first-order valence-corrected chi connectivity index (χ1v) is 13.9. The van der Waals surface area contributed by atoms with E-state index in [1.165, 1.54) is 6.07 Å². The van der Waals surface area contributed by atoms with E-state index in [0.717, 1.165) is 42.6 Å². The van der Waals surface area contributed by atoms with Crippen molar-refractivity contribution in [3.8, 4) is 0 Å². The third kappa shape index (κ3) is 4.40. The molecular formula is C27H30ClN7O5. The molecule has 1 aliphatic carbocycles. The summed E-state index contributed by atoms with van der Waals surface area (Å²) in [7, 11) is 0. The molecule has 4 aliphatic rings. The van der Waals surface area contributed by atoms with Crippen LogP contribution < -0.4 is 16.0 Å². The number of piperidine rings is 1. The van der Waals surface area contributed by atoms with E-state index >= 15 is 0 Å². The third-order valence-corrected chi connectivity index (χ3v) is 8.90. The highest BCUT2D eigenvalue weighted by molar-refractivity contribution is 6.30. The monoisotopic (exact) mass is 567 g/mol. The molecule has 1 unspecified atom stereocenters. The zero-order valence-electron chi connectivity index (χ0n) is 22.0. The Morgan fingerprint density at radius 2 is 1.90 bits per heavy atom. The molecule has 3 N–H and O–H groups in total. The lowest BCUT2D eigenvalue weighted by molar-refractivity contribution is -0.147. The van der Waals surface area contributed by atoms with Crippen LogP contribution in [0.15, 0.2) is 24.4 Å². The number of amides is 6. The molecule has 3 fully saturated rings. The van der Waals surface area contributed by atoms with Crippen molar-refractivity contribution in [2.45, 2.75) is 57.7 Å². The van der Waals surface area contributed by atoms with Gasteiger partial charge in [0.1, 0.15) is 6.04 Å². The zero-order chi connectivity index (χ0) is 28.2. The molecule has 12 nitrogen and oxygen atoms in total. The SMILES string of the molecule is CC1(C(=O)N2CCC(n3cc(CNc4cccc5c4C(=O)N(C4CNC(=O)NC4=O)C5=O)c(Cl)n3)CC2)CCC1. The number of anilines is 1. The van der Waals surface area contributed by atoms with Crippen LogP contribution in [0.5, 0.6) is 0 Å². The van der Waals surface area contributed by atoms with Gasteiger partial charge in [0.2, 0.25) is 5.91 Å². The van der Waals surface area contributed by atoms with Gasteiger partial charge in [-0.25, -0.2) is 4.79 Å². The first-order valence-electron chi connectivity index (χ1n) is 13.5. The largest absolute Gasteiger partial charge is 0.380 e. The predicted molar refractivity (Wildman–Crippen MR) is 144 cm³/mol. The van der Waals surface area contributed by atoms with Crippen molar-refractivity contribution in [1.82, 2.24) is 30.2 Å². The maximum Gasteiger partial charge on any atom is 0.321 e. The lowest BCUT2D eigenvalue weighted by Gasteiger charge is -2.43. The summed E-state index contributed by atoms with van der Waals surface area (Å²) in [5.74, 6) is -1.66. The third-order valence-electron chi connectivity index (χ3n) is 8.58. The number of hydrogen-bond donors (Lipinski definition) is 3. The summed E-state index contributed by atoms with van der Waals surface area (Å²) >= 11 is 6.47. The summed E-state index contributed by atoms with van der Waals surface area (Å²) in [6.07, 6.45) is 6.51. The average Bonchev–Trinajstić information content (AvgIpc) is 3.42. The van der Waals surface area contributed by atoms with Gasteiger partial charge in [-0.1, -0.05) is 31.0 Å². The van der Waals surface area contributed by atoms with Crippen LogP contribution in [0.2, 0.25) is 5.15 Å². The summed E-state index contributed by atoms with van der Waals surface area (Å²) in [4.78, 5) is 65.9. The zero-order valence-corrected chi connectivity index (χ0v) is 22.8. The Labute approximate surface area is 235 Å². The van der Waals surface area contributed by atoms with E-state index in [0.29, 0.717) is 23.9 Å². The molecule has 0 bridgehead atoms. The molecule has 4 heterocycles. The van der Waals surface area contributed by atoms with Crippen LogP contribution in [-0.2, 0) is 16.1 Å². The Morgan fingerprint density at radius 3 is 2.58 bits per heavy atom. The van der Waals surface area contributed by atoms with Gasteiger partial charge in [-0.2, -0.15) is 5.10 Å². The van der Waals surface area contributed by atoms with Crippen molar-refractivity contribution in [2.24, 2.45) is 5.41 Å². The average molecular weight is 568 g/mol. The minimum absolute atomic E-state index is 0.125. The second-order valence-corrected chi connectivity index (χ2v) is 11.5. The van der Waals surface area contributed by atoms with Gasteiger partial charge in [-0.15, -0.1) is 0 Å². The Kier molecular flexibility index (Phi) is 6.52. The maximum absolute atomic E-state index is 13.3. The quantitative estimate of drug-likeness (QED) is 0.454. The molecule has 3 aliphatic heterocycles. The second kappa shape index (κ2) is 9.92. The van der Waals surface area contributed by atoms with Crippen LogP contribution in [-0.4, -0.2) is 74.9 Å². The van der Waals surface area contributed by atoms with E-state index in [1.54, 1.807) is 12.1 Å². The Balaban J connectivity index is 1.12. The number of imide groups is 2. The fraction of sp³-hybridized carbons (Fsp3) is 0.481. The number of fused-ring (bicyclic) bond motifs is 1. The van der Waals surface area contributed by atoms with Crippen molar-refractivity contribution in [3.05, 3.63) is 46.2 Å². The highest BCUT2D eigenvalue weighted by Gasteiger charge is 2.46. The van der Waals surface area contributed by atoms with Gasteiger partial charge in [-0.3, -0.25) is 34.1 Å². The fourth-order valence-corrected chi connectivity index (χ4v) is 6.21. The number of rotatable bonds is 6. The first kappa shape index (κ1) is 26.3. The summed E-state index contributed by atoms with van der Waals surface area (Å²) in [6, 6.07) is 3.20. The summed E-state index contributed by atoms with van der Waals surface area (Å²) in [5.41, 5.74) is 1.30. The van der Waals surface area contributed by atoms with Gasteiger partial charge < -0.3 is 15.5 Å². The maximum atomic E-state index is 13.3. The van der Waals surface area contributed by atoms with Crippen molar-refractivity contribution in [1.29, 1.82) is 0 Å². The molecule has 0 radical (unpaired) electrons. The van der Waals surface area contributed by atoms with E-state index < -0.39 is 29.8 Å². The van der Waals surface area contributed by atoms with Gasteiger partial charge in [0.15, 0.2) is 5.15 Å². The van der Waals surface area contributed by atoms with Crippen LogP contribution in [0.3, 0.4) is 0 Å². The second-order valence-electron chi connectivity index (χ2n) is 11.1. The summed E-state index contributed by atoms with van der Waals surface area (Å²) in [5, 5.41) is 12.6. The lowest BCUT2D eigenvalue weighted by atomic mass is 9.69. The van der Waals surface area contributed by atoms with Gasteiger partial charge in [0.25, 0.3) is 17.7 Å². The molecule has 40 heavy (non-hydrogen) atoms. The number of likely N-dealkylation sites (tertiary alicyclic amines) is 1. The Hall–Kier alpha value is -3.93. The number of halogens is 1. The van der Waals surface area contributed by atoms with Crippen LogP contribution in [0, 0.1) is 5.41 Å². The lowest BCUT2D eigenvalue weighted by Crippen LogP contribution is -2.62. The number of nitrogens with one attached hydrogen (secondary N) is 3. The molecule has 6 amide bonds. The minimum Gasteiger partial charge on any atom is -0.380 e. The smallest absolute Gasteiger partial charge is 0.321 e. The van der Waals surface area contributed by atoms with Crippen LogP contribution in [0.1, 0.15) is 71.3 Å². The van der Waals surface area contributed by atoms with Crippen LogP contribution >= 0.6 is 11.6 Å². The van der Waals surface area contributed by atoms with Gasteiger partial charge >= 0.3 is 6.03 Å². The van der Waals surface area contributed by atoms with Crippen LogP contribution in [0.4, 0.5) is 10.5 Å². The molecule has 1 aromatic carbocycles. The fourth-order valence-electron chi connectivity index (χ4n) is 6.00. The van der Waals surface area contributed by atoms with Crippen molar-refractivity contribution >= 4 is 46.9 Å². The van der Waals surface area contributed by atoms with Crippen molar-refractivity contribution in [3.63, 3.8) is 0 Å². The van der Waals surface area contributed by atoms with E-state index in [2.05, 4.69) is 28.0 Å². The number of carbonyl (C=O) groups excluding carboxylic acids is 5. The highest BCUT2D eigenvalue weighted by Crippen LogP contribution is 2.42. The number of benzene rings is 1. The number of hydrogen-bond acceptors (Lipinski definition) is 7.